The maximum atomic E-state index is 14.9. The molecule has 290 valence electrons. The molecule has 6 rings (SSSR count). The minimum absolute atomic E-state index is 0.00344. The molecular formula is C38H49ClN8O7. The van der Waals surface area contributed by atoms with E-state index in [1.54, 1.807) is 39.8 Å². The van der Waals surface area contributed by atoms with E-state index in [-0.39, 0.29) is 36.5 Å². The van der Waals surface area contributed by atoms with Gasteiger partial charge in [-0.3, -0.25) is 44.0 Å². The summed E-state index contributed by atoms with van der Waals surface area (Å²) in [5.74, 6) is -4.57. The Labute approximate surface area is 319 Å². The number of nitrogens with zero attached hydrogens (tertiary/aromatic N) is 5. The Morgan fingerprint density at radius 3 is 2.33 bits per heavy atom. The van der Waals surface area contributed by atoms with Crippen LogP contribution in [0.5, 0.6) is 5.88 Å². The van der Waals surface area contributed by atoms with Gasteiger partial charge in [-0.15, -0.1) is 0 Å². The molecule has 4 heterocycles. The number of amides is 5. The first-order chi connectivity index (χ1) is 25.8. The smallest absolute Gasteiger partial charge is 0.298 e. The summed E-state index contributed by atoms with van der Waals surface area (Å²) in [6.45, 7) is 7.13. The lowest BCUT2D eigenvalue weighted by Gasteiger charge is -2.38. The zero-order valence-electron chi connectivity index (χ0n) is 31.1. The van der Waals surface area contributed by atoms with Crippen LogP contribution in [-0.2, 0) is 24.0 Å². The molecule has 6 atom stereocenters. The molecule has 4 fully saturated rings. The van der Waals surface area contributed by atoms with Crippen molar-refractivity contribution in [3.63, 3.8) is 0 Å². The molecule has 3 N–H and O–H groups in total. The van der Waals surface area contributed by atoms with Crippen LogP contribution in [0.2, 0.25) is 5.02 Å². The van der Waals surface area contributed by atoms with Gasteiger partial charge in [-0.25, -0.2) is 9.97 Å². The van der Waals surface area contributed by atoms with Gasteiger partial charge in [-0.2, -0.15) is 0 Å². The highest BCUT2D eigenvalue weighted by Gasteiger charge is 2.55. The Hall–Kier alpha value is -4.50. The molecule has 0 bridgehead atoms. The molecule has 15 nitrogen and oxygen atoms in total. The molecule has 2 saturated carbocycles. The molecule has 0 aromatic carbocycles. The van der Waals surface area contributed by atoms with Crippen LogP contribution >= 0.6 is 11.6 Å². The molecule has 4 aliphatic rings. The summed E-state index contributed by atoms with van der Waals surface area (Å²) in [5, 5.41) is 9.54. The van der Waals surface area contributed by atoms with Crippen molar-refractivity contribution in [2.24, 2.45) is 17.3 Å². The molecule has 16 heteroatoms. The maximum Gasteiger partial charge on any atom is 0.298 e. The topological polar surface area (TPSA) is 193 Å². The van der Waals surface area contributed by atoms with E-state index in [0.29, 0.717) is 24.3 Å². The number of likely N-dealkylation sites (tertiary alicyclic amines) is 2. The van der Waals surface area contributed by atoms with Gasteiger partial charge in [0, 0.05) is 37.1 Å². The number of pyridine rings is 1. The van der Waals surface area contributed by atoms with E-state index in [4.69, 9.17) is 16.3 Å². The second-order valence-corrected chi connectivity index (χ2v) is 16.3. The van der Waals surface area contributed by atoms with Crippen molar-refractivity contribution in [1.82, 2.24) is 40.7 Å². The second kappa shape index (κ2) is 16.5. The Morgan fingerprint density at radius 2 is 1.72 bits per heavy atom. The fourth-order valence-corrected chi connectivity index (χ4v) is 7.83. The van der Waals surface area contributed by atoms with Gasteiger partial charge >= 0.3 is 0 Å². The van der Waals surface area contributed by atoms with Crippen molar-refractivity contribution in [1.29, 1.82) is 0 Å². The number of hydrogen-bond acceptors (Lipinski definition) is 11. The molecule has 2 aliphatic heterocycles. The van der Waals surface area contributed by atoms with E-state index in [2.05, 4.69) is 30.9 Å². The lowest BCUT2D eigenvalue weighted by atomic mass is 9.82. The average Bonchev–Trinajstić information content (AvgIpc) is 3.83. The Bertz CT molecular complexity index is 1730. The maximum absolute atomic E-state index is 14.9. The fraction of sp³-hybridized carbons (Fsp3) is 0.605. The van der Waals surface area contributed by atoms with Gasteiger partial charge < -0.3 is 20.3 Å². The highest BCUT2D eigenvalue weighted by atomic mass is 35.5. The van der Waals surface area contributed by atoms with Crippen molar-refractivity contribution in [2.75, 3.05) is 6.54 Å². The van der Waals surface area contributed by atoms with E-state index in [0.717, 1.165) is 37.0 Å². The first-order valence-corrected chi connectivity index (χ1v) is 19.3. The van der Waals surface area contributed by atoms with Gasteiger partial charge in [0.1, 0.15) is 36.1 Å². The van der Waals surface area contributed by atoms with E-state index in [1.165, 1.54) is 29.7 Å². The lowest BCUT2D eigenvalue weighted by molar-refractivity contribution is -0.154. The van der Waals surface area contributed by atoms with Crippen LogP contribution in [0.3, 0.4) is 0 Å². The number of imide groups is 1. The number of halogens is 1. The predicted molar refractivity (Wildman–Crippen MR) is 196 cm³/mol. The molecule has 5 amide bonds. The number of carbonyl (C=O) groups is 6. The van der Waals surface area contributed by atoms with Gasteiger partial charge in [-0.05, 0) is 49.5 Å². The molecule has 0 spiro atoms. The molecule has 1 unspecified atom stereocenters. The SMILES string of the molecule is CC[C@@H]1C(=O)C(=O)N(C(=O)[C@@H]2C[C@@H](Oc3ccc(Cl)cn3)CN2C(=O)[C@@H](NC(=O)C(NC(=O)c2cnccn2)C2CCCCC2)C(C)(C)C)[C@H]1NC1CC1. The molecule has 2 aromatic rings. The van der Waals surface area contributed by atoms with Crippen LogP contribution < -0.4 is 20.7 Å². The molecule has 54 heavy (non-hydrogen) atoms. The highest BCUT2D eigenvalue weighted by molar-refractivity contribution is 6.42. The van der Waals surface area contributed by atoms with E-state index >= 15 is 0 Å². The summed E-state index contributed by atoms with van der Waals surface area (Å²) >= 11 is 6.03. The van der Waals surface area contributed by atoms with Crippen LogP contribution in [0, 0.1) is 17.3 Å². The average molecular weight is 765 g/mol. The fourth-order valence-electron chi connectivity index (χ4n) is 7.72. The highest BCUT2D eigenvalue weighted by Crippen LogP contribution is 2.34. The van der Waals surface area contributed by atoms with Crippen LogP contribution in [0.25, 0.3) is 0 Å². The largest absolute Gasteiger partial charge is 0.472 e. The summed E-state index contributed by atoms with van der Waals surface area (Å²) in [5.41, 5.74) is -0.810. The minimum atomic E-state index is -1.20. The van der Waals surface area contributed by atoms with Crippen molar-refractivity contribution in [3.05, 3.63) is 47.6 Å². The summed E-state index contributed by atoms with van der Waals surface area (Å²) in [6, 6.07) is -0.0565. The Kier molecular flexibility index (Phi) is 12.0. The summed E-state index contributed by atoms with van der Waals surface area (Å²) in [4.78, 5) is 98.3. The first-order valence-electron chi connectivity index (χ1n) is 18.9. The number of carbonyl (C=O) groups excluding carboxylic acids is 6. The van der Waals surface area contributed by atoms with E-state index in [9.17, 15) is 28.8 Å². The van der Waals surface area contributed by atoms with Crippen LogP contribution in [0.15, 0.2) is 36.9 Å². The number of ketones is 1. The summed E-state index contributed by atoms with van der Waals surface area (Å²) < 4.78 is 6.15. The van der Waals surface area contributed by atoms with Crippen LogP contribution in [0.1, 0.15) is 96.0 Å². The summed E-state index contributed by atoms with van der Waals surface area (Å²) in [7, 11) is 0. The number of hydrogen-bond donors (Lipinski definition) is 3. The van der Waals surface area contributed by atoms with E-state index < -0.39 is 77.0 Å². The zero-order chi connectivity index (χ0) is 38.7. The summed E-state index contributed by atoms with van der Waals surface area (Å²) in [6.07, 6.45) is 10.3. The number of ether oxygens (including phenoxy) is 1. The molecule has 2 saturated heterocycles. The monoisotopic (exact) mass is 764 g/mol. The quantitative estimate of drug-likeness (QED) is 0.213. The number of nitrogens with one attached hydrogen (secondary N) is 3. The van der Waals surface area contributed by atoms with Crippen LogP contribution in [0.4, 0.5) is 0 Å². The van der Waals surface area contributed by atoms with E-state index in [1.807, 2.05) is 0 Å². The molecule has 2 aromatic heterocycles. The normalized spacial score (nSPS) is 24.6. The Balaban J connectivity index is 1.29. The third kappa shape index (κ3) is 8.72. The van der Waals surface area contributed by atoms with Crippen molar-refractivity contribution < 1.29 is 33.5 Å². The number of Topliss-reactive ketones (excluding diaryl/α,β-unsaturated/α-hetero) is 1. The van der Waals surface area contributed by atoms with Gasteiger partial charge in [0.25, 0.3) is 17.7 Å². The molecular weight excluding hydrogens is 716 g/mol. The third-order valence-corrected chi connectivity index (χ3v) is 11.0. The molecule has 2 aliphatic carbocycles. The third-order valence-electron chi connectivity index (χ3n) is 10.8. The predicted octanol–water partition coefficient (Wildman–Crippen LogP) is 2.83. The zero-order valence-corrected chi connectivity index (χ0v) is 31.9. The lowest BCUT2D eigenvalue weighted by Crippen LogP contribution is -2.62. The van der Waals surface area contributed by atoms with Gasteiger partial charge in [0.2, 0.25) is 23.5 Å². The van der Waals surface area contributed by atoms with Crippen molar-refractivity contribution >= 4 is 46.9 Å². The molecule has 0 radical (unpaired) electrons. The van der Waals surface area contributed by atoms with Crippen molar-refractivity contribution in [2.45, 2.75) is 122 Å². The van der Waals surface area contributed by atoms with Gasteiger partial charge in [-0.1, -0.05) is 58.6 Å². The Morgan fingerprint density at radius 1 is 0.981 bits per heavy atom. The van der Waals surface area contributed by atoms with Gasteiger partial charge in [0.05, 0.1) is 23.7 Å². The van der Waals surface area contributed by atoms with Gasteiger partial charge in [0.15, 0.2) is 0 Å². The standard InChI is InChI=1S/C38H49ClN8O7/c1-5-25-30(48)36(52)47(32(25)43-23-12-13-23)35(51)27-17-24(54-28-14-11-22(39)18-42-28)20-46(27)37(53)31(38(2,3)4)45-34(50)29(21-9-7-6-8-10-21)44-33(49)26-19-40-15-16-41-26/h11,14-16,18-19,21,23-25,27,29,31-32,43H,5-10,12-13,17,20H2,1-4H3,(H,44,49)(H,45,50)/t24-,25-,27+,29?,31-,32-/m1/s1. The van der Waals surface area contributed by atoms with Crippen molar-refractivity contribution in [3.8, 4) is 5.88 Å². The number of aromatic nitrogens is 3. The van der Waals surface area contributed by atoms with Crippen LogP contribution in [-0.4, -0.2) is 103 Å². The number of rotatable bonds is 12. The second-order valence-electron chi connectivity index (χ2n) is 15.8. The minimum Gasteiger partial charge on any atom is -0.472 e. The first kappa shape index (κ1) is 39.2.